The van der Waals surface area contributed by atoms with Crippen molar-refractivity contribution in [3.63, 3.8) is 0 Å². The molecule has 1 aromatic heterocycles. The molecule has 1 N–H and O–H groups in total. The number of aliphatic hydroxyl groups is 1. The van der Waals surface area contributed by atoms with Crippen LogP contribution >= 0.6 is 0 Å². The summed E-state index contributed by atoms with van der Waals surface area (Å²) < 4.78 is 6.95. The van der Waals surface area contributed by atoms with Crippen LogP contribution in [0.3, 0.4) is 0 Å². The molecule has 0 aliphatic rings. The average Bonchev–Trinajstić information content (AvgIpc) is 2.62. The summed E-state index contributed by atoms with van der Waals surface area (Å²) in [4.78, 5) is 0. The maximum absolute atomic E-state index is 10.0. The molecule has 2 atom stereocenters. The third kappa shape index (κ3) is 2.76. The maximum Gasteiger partial charge on any atom is 0.0909 e. The zero-order chi connectivity index (χ0) is 11.5. The molecular weight excluding hydrogens is 194 g/mol. The van der Waals surface area contributed by atoms with E-state index in [1.54, 1.807) is 25.0 Å². The number of methoxy groups -OCH3 is 1. The maximum atomic E-state index is 10.0. The van der Waals surface area contributed by atoms with Gasteiger partial charge in [-0.3, -0.25) is 4.68 Å². The van der Waals surface area contributed by atoms with Crippen LogP contribution in [-0.2, 0) is 18.2 Å². The fourth-order valence-electron chi connectivity index (χ4n) is 1.42. The Morgan fingerprint density at radius 2 is 2.33 bits per heavy atom. The first-order chi connectivity index (χ1) is 7.01. The smallest absolute Gasteiger partial charge is 0.0909 e. The minimum atomic E-state index is -0.566. The zero-order valence-electron chi connectivity index (χ0n) is 9.77. The van der Waals surface area contributed by atoms with Crippen molar-refractivity contribution in [2.45, 2.75) is 38.4 Å². The molecule has 1 heterocycles. The van der Waals surface area contributed by atoms with Crippen LogP contribution in [0.4, 0.5) is 0 Å². The summed E-state index contributed by atoms with van der Waals surface area (Å²) in [5.41, 5.74) is 0.263. The van der Waals surface area contributed by atoms with E-state index >= 15 is 0 Å². The van der Waals surface area contributed by atoms with E-state index in [0.29, 0.717) is 6.42 Å². The van der Waals surface area contributed by atoms with Crippen LogP contribution in [0.5, 0.6) is 0 Å². The van der Waals surface area contributed by atoms with Crippen molar-refractivity contribution in [2.24, 2.45) is 7.05 Å². The third-order valence-corrected chi connectivity index (χ3v) is 2.93. The monoisotopic (exact) mass is 213 g/mol. The Bertz CT molecular complexity index is 307. The van der Waals surface area contributed by atoms with Gasteiger partial charge in [-0.2, -0.15) is 0 Å². The first-order valence-corrected chi connectivity index (χ1v) is 5.10. The van der Waals surface area contributed by atoms with E-state index in [2.05, 4.69) is 10.3 Å². The van der Waals surface area contributed by atoms with E-state index in [4.69, 9.17) is 4.74 Å². The fraction of sp³-hybridized carbons (Fsp3) is 0.800. The van der Waals surface area contributed by atoms with Gasteiger partial charge < -0.3 is 9.84 Å². The number of aromatic nitrogens is 3. The Labute approximate surface area is 90.1 Å². The lowest BCUT2D eigenvalue weighted by molar-refractivity contribution is -0.0917. The molecule has 0 amide bonds. The van der Waals surface area contributed by atoms with Crippen molar-refractivity contribution < 1.29 is 9.84 Å². The second-order valence-electron chi connectivity index (χ2n) is 3.97. The van der Waals surface area contributed by atoms with E-state index in [1.807, 2.05) is 13.8 Å². The first kappa shape index (κ1) is 12.1. The number of aliphatic hydroxyl groups excluding tert-OH is 1. The van der Waals surface area contributed by atoms with Gasteiger partial charge in [0.1, 0.15) is 0 Å². The molecular formula is C10H19N3O2. The molecule has 1 rings (SSSR count). The second-order valence-corrected chi connectivity index (χ2v) is 3.97. The van der Waals surface area contributed by atoms with Gasteiger partial charge in [-0.15, -0.1) is 5.10 Å². The molecule has 5 heteroatoms. The van der Waals surface area contributed by atoms with Crippen molar-refractivity contribution in [1.82, 2.24) is 15.0 Å². The standard InChI is InChI=1S/C10H19N3O2/c1-5-10(2,15-4)9(14)6-8-7-13(3)12-11-8/h7,9,14H,5-6H2,1-4H3. The van der Waals surface area contributed by atoms with Crippen LogP contribution in [-0.4, -0.2) is 38.9 Å². The molecule has 0 saturated carbocycles. The van der Waals surface area contributed by atoms with Gasteiger partial charge in [0.05, 0.1) is 17.4 Å². The van der Waals surface area contributed by atoms with E-state index in [0.717, 1.165) is 12.1 Å². The van der Waals surface area contributed by atoms with Crippen molar-refractivity contribution >= 4 is 0 Å². The highest BCUT2D eigenvalue weighted by Crippen LogP contribution is 2.21. The summed E-state index contributed by atoms with van der Waals surface area (Å²) >= 11 is 0. The van der Waals surface area contributed by atoms with Crippen molar-refractivity contribution in [3.05, 3.63) is 11.9 Å². The highest BCUT2D eigenvalue weighted by Gasteiger charge is 2.31. The second kappa shape index (κ2) is 4.72. The Morgan fingerprint density at radius 1 is 1.67 bits per heavy atom. The topological polar surface area (TPSA) is 60.2 Å². The quantitative estimate of drug-likeness (QED) is 0.775. The summed E-state index contributed by atoms with van der Waals surface area (Å²) in [5.74, 6) is 0. The van der Waals surface area contributed by atoms with Crippen LogP contribution in [0.1, 0.15) is 26.0 Å². The normalized spacial score (nSPS) is 17.4. The highest BCUT2D eigenvalue weighted by molar-refractivity contribution is 4.98. The van der Waals surface area contributed by atoms with Gasteiger partial charge in [-0.1, -0.05) is 12.1 Å². The number of hydrogen-bond acceptors (Lipinski definition) is 4. The Kier molecular flexibility index (Phi) is 3.82. The molecule has 86 valence electrons. The summed E-state index contributed by atoms with van der Waals surface area (Å²) in [7, 11) is 3.42. The minimum absolute atomic E-state index is 0.464. The lowest BCUT2D eigenvalue weighted by atomic mass is 9.92. The number of hydrogen-bond donors (Lipinski definition) is 1. The van der Waals surface area contributed by atoms with E-state index in [-0.39, 0.29) is 0 Å². The van der Waals surface area contributed by atoms with E-state index < -0.39 is 11.7 Å². The van der Waals surface area contributed by atoms with E-state index in [1.165, 1.54) is 0 Å². The molecule has 0 aromatic carbocycles. The summed E-state index contributed by atoms with van der Waals surface area (Å²) in [6, 6.07) is 0. The molecule has 0 saturated heterocycles. The van der Waals surface area contributed by atoms with Crippen LogP contribution in [0.2, 0.25) is 0 Å². The predicted molar refractivity (Wildman–Crippen MR) is 56.4 cm³/mol. The van der Waals surface area contributed by atoms with Crippen LogP contribution in [0.15, 0.2) is 6.20 Å². The molecule has 0 fully saturated rings. The van der Waals surface area contributed by atoms with Gasteiger partial charge >= 0.3 is 0 Å². The minimum Gasteiger partial charge on any atom is -0.390 e. The SMILES string of the molecule is CCC(C)(OC)C(O)Cc1cn(C)nn1. The summed E-state index contributed by atoms with van der Waals surface area (Å²) in [6.07, 6.45) is 2.45. The Hall–Kier alpha value is -0.940. The third-order valence-electron chi connectivity index (χ3n) is 2.93. The van der Waals surface area contributed by atoms with Crippen molar-refractivity contribution in [3.8, 4) is 0 Å². The molecule has 5 nitrogen and oxygen atoms in total. The van der Waals surface area contributed by atoms with Crippen LogP contribution < -0.4 is 0 Å². The van der Waals surface area contributed by atoms with Gasteiger partial charge in [0.15, 0.2) is 0 Å². The first-order valence-electron chi connectivity index (χ1n) is 5.10. The molecule has 0 bridgehead atoms. The van der Waals surface area contributed by atoms with Crippen LogP contribution in [0.25, 0.3) is 0 Å². The molecule has 0 radical (unpaired) electrons. The van der Waals surface area contributed by atoms with Gasteiger partial charge in [0.25, 0.3) is 0 Å². The molecule has 0 spiro atoms. The molecule has 0 aliphatic carbocycles. The number of rotatable bonds is 5. The Morgan fingerprint density at radius 3 is 2.73 bits per heavy atom. The van der Waals surface area contributed by atoms with Gasteiger partial charge in [0.2, 0.25) is 0 Å². The van der Waals surface area contributed by atoms with E-state index in [9.17, 15) is 5.11 Å². The van der Waals surface area contributed by atoms with Gasteiger partial charge in [0, 0.05) is 26.8 Å². The highest BCUT2D eigenvalue weighted by atomic mass is 16.5. The summed E-state index contributed by atoms with van der Waals surface area (Å²) in [6.45, 7) is 3.89. The Balaban J connectivity index is 2.65. The lowest BCUT2D eigenvalue weighted by Gasteiger charge is -2.31. The number of aryl methyl sites for hydroxylation is 1. The van der Waals surface area contributed by atoms with Crippen molar-refractivity contribution in [2.75, 3.05) is 7.11 Å². The lowest BCUT2D eigenvalue weighted by Crippen LogP contribution is -2.42. The molecule has 1 aromatic rings. The predicted octanol–water partition coefficient (Wildman–Crippen LogP) is 0.534. The average molecular weight is 213 g/mol. The molecule has 0 aliphatic heterocycles. The summed E-state index contributed by atoms with van der Waals surface area (Å²) in [5, 5.41) is 17.8. The molecule has 15 heavy (non-hydrogen) atoms. The van der Waals surface area contributed by atoms with Gasteiger partial charge in [-0.25, -0.2) is 0 Å². The fourth-order valence-corrected chi connectivity index (χ4v) is 1.42. The molecule has 2 unspecified atom stereocenters. The zero-order valence-corrected chi connectivity index (χ0v) is 9.77. The van der Waals surface area contributed by atoms with Crippen LogP contribution in [0, 0.1) is 0 Å². The number of nitrogens with zero attached hydrogens (tertiary/aromatic N) is 3. The van der Waals surface area contributed by atoms with Crippen molar-refractivity contribution in [1.29, 1.82) is 0 Å². The largest absolute Gasteiger partial charge is 0.390 e. The number of ether oxygens (including phenoxy) is 1. The van der Waals surface area contributed by atoms with Gasteiger partial charge in [-0.05, 0) is 13.3 Å².